The van der Waals surface area contributed by atoms with Gasteiger partial charge in [-0.05, 0) is 19.9 Å². The third-order valence-corrected chi connectivity index (χ3v) is 3.24. The summed E-state index contributed by atoms with van der Waals surface area (Å²) >= 11 is 3.47. The van der Waals surface area contributed by atoms with Crippen LogP contribution in [0.4, 0.5) is 0 Å². The molecule has 0 saturated heterocycles. The molecular weight excluding hydrogens is 272 g/mol. The van der Waals surface area contributed by atoms with Crippen molar-refractivity contribution < 1.29 is 14.6 Å². The van der Waals surface area contributed by atoms with Gasteiger partial charge in [-0.1, -0.05) is 15.9 Å². The summed E-state index contributed by atoms with van der Waals surface area (Å²) in [6.45, 7) is 3.71. The van der Waals surface area contributed by atoms with Crippen LogP contribution < -0.4 is 9.47 Å². The predicted molar refractivity (Wildman–Crippen MR) is 67.4 cm³/mol. The highest BCUT2D eigenvalue weighted by atomic mass is 79.9. The largest absolute Gasteiger partial charge is 0.493 e. The zero-order valence-electron chi connectivity index (χ0n) is 10.0. The lowest BCUT2D eigenvalue weighted by molar-refractivity contribution is 0.194. The molecule has 4 heteroatoms. The van der Waals surface area contributed by atoms with Crippen molar-refractivity contribution in [3.63, 3.8) is 0 Å². The van der Waals surface area contributed by atoms with E-state index >= 15 is 0 Å². The normalized spacial score (nSPS) is 12.4. The molecule has 1 aromatic carbocycles. The van der Waals surface area contributed by atoms with Crippen molar-refractivity contribution in [1.82, 2.24) is 0 Å². The maximum atomic E-state index is 9.44. The molecule has 1 N–H and O–H groups in total. The summed E-state index contributed by atoms with van der Waals surface area (Å²) in [7, 11) is 3.22. The van der Waals surface area contributed by atoms with E-state index in [1.54, 1.807) is 21.1 Å². The van der Waals surface area contributed by atoms with Crippen LogP contribution in [0.15, 0.2) is 10.5 Å². The molecule has 0 radical (unpaired) electrons. The standard InChI is InChI=1S/C12H17BrO3/c1-7(14)5-9-6-10(13)8(2)11(15-3)12(9)16-4/h6-7,14H,5H2,1-4H3. The molecule has 0 aliphatic heterocycles. The third-order valence-electron chi connectivity index (χ3n) is 2.42. The summed E-state index contributed by atoms with van der Waals surface area (Å²) in [6.07, 6.45) is 0.131. The Kier molecular flexibility index (Phi) is 4.62. The molecule has 0 aliphatic carbocycles. The van der Waals surface area contributed by atoms with E-state index in [1.807, 2.05) is 13.0 Å². The lowest BCUT2D eigenvalue weighted by Gasteiger charge is -2.17. The van der Waals surface area contributed by atoms with Crippen LogP contribution in [0.2, 0.25) is 0 Å². The molecule has 0 spiro atoms. The highest BCUT2D eigenvalue weighted by Crippen LogP contribution is 2.39. The Bertz CT molecular complexity index is 375. The summed E-state index contributed by atoms with van der Waals surface area (Å²) in [5, 5.41) is 9.44. The van der Waals surface area contributed by atoms with Gasteiger partial charge in [0, 0.05) is 22.0 Å². The smallest absolute Gasteiger partial charge is 0.165 e. The molecule has 90 valence electrons. The molecule has 0 aromatic heterocycles. The molecule has 3 nitrogen and oxygen atoms in total. The molecular formula is C12H17BrO3. The Morgan fingerprint density at radius 3 is 2.31 bits per heavy atom. The Morgan fingerprint density at radius 1 is 1.31 bits per heavy atom. The zero-order valence-corrected chi connectivity index (χ0v) is 11.6. The molecule has 1 unspecified atom stereocenters. The Morgan fingerprint density at radius 2 is 1.88 bits per heavy atom. The van der Waals surface area contributed by atoms with Gasteiger partial charge in [0.05, 0.1) is 20.3 Å². The molecule has 0 saturated carbocycles. The lowest BCUT2D eigenvalue weighted by atomic mass is 10.0. The fourth-order valence-corrected chi connectivity index (χ4v) is 2.15. The molecule has 1 aromatic rings. The predicted octanol–water partition coefficient (Wildman–Crippen LogP) is 2.70. The molecule has 0 heterocycles. The summed E-state index contributed by atoms with van der Waals surface area (Å²) in [5.74, 6) is 1.41. The first-order valence-corrected chi connectivity index (χ1v) is 5.88. The molecule has 0 aliphatic rings. The van der Waals surface area contributed by atoms with E-state index in [0.29, 0.717) is 17.9 Å². The summed E-state index contributed by atoms with van der Waals surface area (Å²) in [5.41, 5.74) is 1.93. The van der Waals surface area contributed by atoms with Crippen molar-refractivity contribution in [2.24, 2.45) is 0 Å². The van der Waals surface area contributed by atoms with Gasteiger partial charge in [-0.15, -0.1) is 0 Å². The second-order valence-electron chi connectivity index (χ2n) is 3.76. The number of aliphatic hydroxyl groups is 1. The zero-order chi connectivity index (χ0) is 12.3. The van der Waals surface area contributed by atoms with E-state index in [0.717, 1.165) is 15.6 Å². The Balaban J connectivity index is 3.31. The van der Waals surface area contributed by atoms with E-state index < -0.39 is 6.10 Å². The number of hydrogen-bond acceptors (Lipinski definition) is 3. The minimum Gasteiger partial charge on any atom is -0.493 e. The highest BCUT2D eigenvalue weighted by molar-refractivity contribution is 9.10. The van der Waals surface area contributed by atoms with Gasteiger partial charge >= 0.3 is 0 Å². The number of rotatable bonds is 4. The molecule has 0 fully saturated rings. The third kappa shape index (κ3) is 2.68. The quantitative estimate of drug-likeness (QED) is 0.926. The summed E-state index contributed by atoms with van der Waals surface area (Å²) in [6, 6.07) is 1.96. The van der Waals surface area contributed by atoms with E-state index in [2.05, 4.69) is 15.9 Å². The average molecular weight is 289 g/mol. The second-order valence-corrected chi connectivity index (χ2v) is 4.62. The molecule has 16 heavy (non-hydrogen) atoms. The topological polar surface area (TPSA) is 38.7 Å². The first-order valence-electron chi connectivity index (χ1n) is 5.09. The number of methoxy groups -OCH3 is 2. The SMILES string of the molecule is COc1c(CC(C)O)cc(Br)c(C)c1OC. The van der Waals surface area contributed by atoms with E-state index in [4.69, 9.17) is 9.47 Å². The number of benzene rings is 1. The minimum atomic E-state index is -0.409. The number of aliphatic hydroxyl groups excluding tert-OH is 1. The van der Waals surface area contributed by atoms with Crippen molar-refractivity contribution in [1.29, 1.82) is 0 Å². The van der Waals surface area contributed by atoms with Gasteiger partial charge in [0.1, 0.15) is 0 Å². The van der Waals surface area contributed by atoms with Crippen LogP contribution in [-0.2, 0) is 6.42 Å². The maximum Gasteiger partial charge on any atom is 0.165 e. The highest BCUT2D eigenvalue weighted by Gasteiger charge is 2.16. The first kappa shape index (κ1) is 13.3. The Hall–Kier alpha value is -0.740. The number of ether oxygens (including phenoxy) is 2. The van der Waals surface area contributed by atoms with Crippen molar-refractivity contribution >= 4 is 15.9 Å². The number of hydrogen-bond donors (Lipinski definition) is 1. The molecule has 0 bridgehead atoms. The monoisotopic (exact) mass is 288 g/mol. The van der Waals surface area contributed by atoms with Gasteiger partial charge in [0.25, 0.3) is 0 Å². The summed E-state index contributed by atoms with van der Waals surface area (Å²) in [4.78, 5) is 0. The maximum absolute atomic E-state index is 9.44. The van der Waals surface area contributed by atoms with Gasteiger partial charge < -0.3 is 14.6 Å². The van der Waals surface area contributed by atoms with Gasteiger partial charge in [0.2, 0.25) is 0 Å². The van der Waals surface area contributed by atoms with Crippen molar-refractivity contribution in [2.45, 2.75) is 26.4 Å². The lowest BCUT2D eigenvalue weighted by Crippen LogP contribution is -2.07. The molecule has 0 amide bonds. The van der Waals surface area contributed by atoms with Crippen LogP contribution in [0.1, 0.15) is 18.1 Å². The van der Waals surface area contributed by atoms with Crippen LogP contribution in [0.5, 0.6) is 11.5 Å². The van der Waals surface area contributed by atoms with Crippen molar-refractivity contribution in [3.8, 4) is 11.5 Å². The van der Waals surface area contributed by atoms with Crippen LogP contribution in [0.3, 0.4) is 0 Å². The van der Waals surface area contributed by atoms with Crippen LogP contribution in [0, 0.1) is 6.92 Å². The number of halogens is 1. The van der Waals surface area contributed by atoms with Crippen molar-refractivity contribution in [2.75, 3.05) is 14.2 Å². The minimum absolute atomic E-state index is 0.409. The summed E-state index contributed by atoms with van der Waals surface area (Å²) < 4.78 is 11.6. The molecule has 1 atom stereocenters. The Labute approximate surface area is 105 Å². The van der Waals surface area contributed by atoms with Crippen molar-refractivity contribution in [3.05, 3.63) is 21.7 Å². The van der Waals surface area contributed by atoms with E-state index in [-0.39, 0.29) is 0 Å². The van der Waals surface area contributed by atoms with Gasteiger partial charge in [0.15, 0.2) is 11.5 Å². The van der Waals surface area contributed by atoms with E-state index in [1.165, 1.54) is 0 Å². The van der Waals surface area contributed by atoms with Gasteiger partial charge in [-0.25, -0.2) is 0 Å². The van der Waals surface area contributed by atoms with Crippen LogP contribution >= 0.6 is 15.9 Å². The first-order chi connectivity index (χ1) is 7.51. The average Bonchev–Trinajstić information content (AvgIpc) is 2.21. The fourth-order valence-electron chi connectivity index (χ4n) is 1.69. The van der Waals surface area contributed by atoms with Crippen LogP contribution in [0.25, 0.3) is 0 Å². The second kappa shape index (κ2) is 5.55. The molecule has 1 rings (SSSR count). The fraction of sp³-hybridized carbons (Fsp3) is 0.500. The van der Waals surface area contributed by atoms with E-state index in [9.17, 15) is 5.11 Å². The van der Waals surface area contributed by atoms with Gasteiger partial charge in [-0.2, -0.15) is 0 Å². The van der Waals surface area contributed by atoms with Crippen LogP contribution in [-0.4, -0.2) is 25.4 Å². The van der Waals surface area contributed by atoms with Gasteiger partial charge in [-0.3, -0.25) is 0 Å².